The van der Waals surface area contributed by atoms with Crippen molar-refractivity contribution < 1.29 is 13.6 Å². The Hall–Kier alpha value is -3.22. The van der Waals surface area contributed by atoms with Crippen LogP contribution in [0.4, 0.5) is 8.78 Å². The smallest absolute Gasteiger partial charge is 0.256 e. The fraction of sp³-hybridized carbons (Fsp3) is 0.273. The lowest BCUT2D eigenvalue weighted by molar-refractivity contribution is 0.0701. The Morgan fingerprint density at radius 2 is 1.97 bits per heavy atom. The van der Waals surface area contributed by atoms with Gasteiger partial charge in [0.25, 0.3) is 5.91 Å². The zero-order valence-corrected chi connectivity index (χ0v) is 16.0. The molecule has 2 aromatic heterocycles. The van der Waals surface area contributed by atoms with Gasteiger partial charge in [-0.05, 0) is 49.6 Å². The monoisotopic (exact) mass is 394 g/mol. The van der Waals surface area contributed by atoms with Gasteiger partial charge >= 0.3 is 0 Å². The van der Waals surface area contributed by atoms with Crippen molar-refractivity contribution in [1.29, 1.82) is 0 Å². The average molecular weight is 394 g/mol. The number of carbonyl (C=O) groups excluding carboxylic acids is 1. The minimum Gasteiger partial charge on any atom is -0.338 e. The number of nitrogens with zero attached hydrogens (tertiary/aromatic N) is 4. The second-order valence-corrected chi connectivity index (χ2v) is 7.17. The van der Waals surface area contributed by atoms with Crippen LogP contribution in [0.1, 0.15) is 40.6 Å². The first-order chi connectivity index (χ1) is 14.0. The Labute approximate surface area is 167 Å². The van der Waals surface area contributed by atoms with Crippen LogP contribution in [-0.4, -0.2) is 38.8 Å². The number of carbonyl (C=O) groups is 1. The first-order valence-corrected chi connectivity index (χ1v) is 9.51. The number of rotatable bonds is 3. The number of hydrogen-bond donors (Lipinski definition) is 0. The summed E-state index contributed by atoms with van der Waals surface area (Å²) in [6.07, 6.45) is 6.87. The van der Waals surface area contributed by atoms with Crippen LogP contribution in [0.2, 0.25) is 0 Å². The summed E-state index contributed by atoms with van der Waals surface area (Å²) in [5.41, 5.74) is 2.63. The molecule has 1 aliphatic rings. The van der Waals surface area contributed by atoms with Crippen LogP contribution in [0.3, 0.4) is 0 Å². The fourth-order valence-electron chi connectivity index (χ4n) is 3.77. The van der Waals surface area contributed by atoms with E-state index in [1.807, 2.05) is 19.1 Å². The zero-order chi connectivity index (χ0) is 20.4. The Bertz CT molecular complexity index is 1040. The van der Waals surface area contributed by atoms with Crippen molar-refractivity contribution in [3.8, 4) is 11.1 Å². The van der Waals surface area contributed by atoms with E-state index < -0.39 is 17.5 Å². The average Bonchev–Trinajstić information content (AvgIpc) is 2.74. The maximum atomic E-state index is 14.1. The summed E-state index contributed by atoms with van der Waals surface area (Å²) in [4.78, 5) is 27.5. The molecule has 3 heterocycles. The molecule has 1 aromatic carbocycles. The second kappa shape index (κ2) is 8.03. The maximum Gasteiger partial charge on any atom is 0.256 e. The Balaban J connectivity index is 1.64. The number of pyridine rings is 1. The van der Waals surface area contributed by atoms with E-state index >= 15 is 0 Å². The third kappa shape index (κ3) is 3.99. The summed E-state index contributed by atoms with van der Waals surface area (Å²) in [7, 11) is 0. The standard InChI is InChI=1S/C22H20F2N4O/c1-14-26-12-19(15-6-8-25-9-7-15)21(27-14)16-3-2-10-28(13-16)22(29)18-5-4-17(23)11-20(18)24/h4-9,11-12,16H,2-3,10,13H2,1H3/t16-/m1/s1. The molecule has 0 spiro atoms. The quantitative estimate of drug-likeness (QED) is 0.670. The highest BCUT2D eigenvalue weighted by molar-refractivity contribution is 5.94. The first kappa shape index (κ1) is 19.1. The lowest BCUT2D eigenvalue weighted by atomic mass is 9.89. The van der Waals surface area contributed by atoms with Gasteiger partial charge in [0.1, 0.15) is 17.5 Å². The third-order valence-electron chi connectivity index (χ3n) is 5.19. The molecule has 0 aliphatic carbocycles. The van der Waals surface area contributed by atoms with E-state index in [1.165, 1.54) is 6.07 Å². The van der Waals surface area contributed by atoms with Gasteiger partial charge in [-0.15, -0.1) is 0 Å². The number of aryl methyl sites for hydroxylation is 1. The number of aromatic nitrogens is 3. The van der Waals surface area contributed by atoms with Crippen LogP contribution in [0, 0.1) is 18.6 Å². The molecule has 0 N–H and O–H groups in total. The summed E-state index contributed by atoms with van der Waals surface area (Å²) in [5, 5.41) is 0. The molecule has 5 nitrogen and oxygen atoms in total. The molecular formula is C22H20F2N4O. The van der Waals surface area contributed by atoms with Crippen molar-refractivity contribution in [2.75, 3.05) is 13.1 Å². The Kier molecular flexibility index (Phi) is 5.29. The number of piperidine rings is 1. The van der Waals surface area contributed by atoms with Crippen LogP contribution >= 0.6 is 0 Å². The minimum absolute atomic E-state index is 0.000995. The number of halogens is 2. The van der Waals surface area contributed by atoms with Crippen molar-refractivity contribution in [2.45, 2.75) is 25.7 Å². The highest BCUT2D eigenvalue weighted by Crippen LogP contribution is 2.33. The molecule has 7 heteroatoms. The van der Waals surface area contributed by atoms with E-state index in [9.17, 15) is 13.6 Å². The minimum atomic E-state index is -0.840. The second-order valence-electron chi connectivity index (χ2n) is 7.17. The third-order valence-corrected chi connectivity index (χ3v) is 5.19. The molecule has 1 saturated heterocycles. The molecule has 0 saturated carbocycles. The number of likely N-dealkylation sites (tertiary alicyclic amines) is 1. The molecule has 1 fully saturated rings. The predicted octanol–water partition coefficient (Wildman–Crippen LogP) is 4.15. The summed E-state index contributed by atoms with van der Waals surface area (Å²) < 4.78 is 27.3. The van der Waals surface area contributed by atoms with Gasteiger partial charge in [0.05, 0.1) is 11.3 Å². The molecule has 0 bridgehead atoms. The molecule has 1 amide bonds. The van der Waals surface area contributed by atoms with Crippen molar-refractivity contribution in [1.82, 2.24) is 19.9 Å². The van der Waals surface area contributed by atoms with E-state index in [2.05, 4.69) is 15.0 Å². The van der Waals surface area contributed by atoms with Gasteiger partial charge in [-0.3, -0.25) is 9.78 Å². The molecule has 29 heavy (non-hydrogen) atoms. The maximum absolute atomic E-state index is 14.1. The molecule has 4 rings (SSSR count). The van der Waals surface area contributed by atoms with Gasteiger partial charge < -0.3 is 4.90 Å². The lowest BCUT2D eigenvalue weighted by Crippen LogP contribution is -2.39. The zero-order valence-electron chi connectivity index (χ0n) is 16.0. The van der Waals surface area contributed by atoms with Gasteiger partial charge in [-0.2, -0.15) is 0 Å². The van der Waals surface area contributed by atoms with Crippen LogP contribution in [-0.2, 0) is 0 Å². The molecule has 1 aliphatic heterocycles. The van der Waals surface area contributed by atoms with Crippen molar-refractivity contribution in [2.24, 2.45) is 0 Å². The summed E-state index contributed by atoms with van der Waals surface area (Å²) in [6.45, 7) is 2.78. The van der Waals surface area contributed by atoms with E-state index in [-0.39, 0.29) is 11.5 Å². The summed E-state index contributed by atoms with van der Waals surface area (Å²) in [5.74, 6) is -1.31. The van der Waals surface area contributed by atoms with Crippen LogP contribution < -0.4 is 0 Å². The number of hydrogen-bond acceptors (Lipinski definition) is 4. The highest BCUT2D eigenvalue weighted by atomic mass is 19.1. The van der Waals surface area contributed by atoms with E-state index in [1.54, 1.807) is 23.5 Å². The number of benzene rings is 1. The Morgan fingerprint density at radius 1 is 1.17 bits per heavy atom. The lowest BCUT2D eigenvalue weighted by Gasteiger charge is -2.33. The van der Waals surface area contributed by atoms with Crippen molar-refractivity contribution >= 4 is 5.91 Å². The molecule has 148 valence electrons. The molecule has 3 aromatic rings. The topological polar surface area (TPSA) is 59.0 Å². The van der Waals surface area contributed by atoms with Gasteiger partial charge in [0.15, 0.2) is 0 Å². The molecule has 1 atom stereocenters. The summed E-state index contributed by atoms with van der Waals surface area (Å²) >= 11 is 0. The van der Waals surface area contributed by atoms with Gasteiger partial charge in [-0.25, -0.2) is 18.7 Å². The van der Waals surface area contributed by atoms with Crippen LogP contribution in [0.5, 0.6) is 0 Å². The van der Waals surface area contributed by atoms with Crippen LogP contribution in [0.25, 0.3) is 11.1 Å². The normalized spacial score (nSPS) is 16.7. The van der Waals surface area contributed by atoms with Crippen molar-refractivity contribution in [3.63, 3.8) is 0 Å². The van der Waals surface area contributed by atoms with E-state index in [4.69, 9.17) is 0 Å². The molecular weight excluding hydrogens is 374 g/mol. The predicted molar refractivity (Wildman–Crippen MR) is 104 cm³/mol. The van der Waals surface area contributed by atoms with E-state index in [0.29, 0.717) is 18.9 Å². The van der Waals surface area contributed by atoms with Crippen LogP contribution in [0.15, 0.2) is 48.9 Å². The van der Waals surface area contributed by atoms with Crippen molar-refractivity contribution in [3.05, 3.63) is 77.6 Å². The first-order valence-electron chi connectivity index (χ1n) is 9.51. The van der Waals surface area contributed by atoms with E-state index in [0.717, 1.165) is 41.8 Å². The number of amides is 1. The fourth-order valence-corrected chi connectivity index (χ4v) is 3.77. The SMILES string of the molecule is Cc1ncc(-c2ccncc2)c([C@@H]2CCCN(C(=O)c3ccc(F)cc3F)C2)n1. The molecule has 0 unspecified atom stereocenters. The van der Waals surface area contributed by atoms with Gasteiger partial charge in [-0.1, -0.05) is 0 Å². The van der Waals surface area contributed by atoms with Gasteiger partial charge in [0, 0.05) is 49.2 Å². The summed E-state index contributed by atoms with van der Waals surface area (Å²) in [6, 6.07) is 6.85. The molecule has 0 radical (unpaired) electrons. The van der Waals surface area contributed by atoms with Gasteiger partial charge in [0.2, 0.25) is 0 Å². The largest absolute Gasteiger partial charge is 0.338 e. The Morgan fingerprint density at radius 3 is 2.72 bits per heavy atom. The highest BCUT2D eigenvalue weighted by Gasteiger charge is 2.29.